The Morgan fingerprint density at radius 3 is 2.96 bits per heavy atom. The second-order valence-corrected chi connectivity index (χ2v) is 7.22. The van der Waals surface area contributed by atoms with Gasteiger partial charge >= 0.3 is 0 Å². The summed E-state index contributed by atoms with van der Waals surface area (Å²) in [4.78, 5) is 10.7. The first kappa shape index (κ1) is 17.3. The van der Waals surface area contributed by atoms with Crippen molar-refractivity contribution in [2.75, 3.05) is 6.79 Å². The zero-order valence-electron chi connectivity index (χ0n) is 13.0. The number of pyridine rings is 1. The Hall–Kier alpha value is -2.07. The lowest BCUT2D eigenvalue weighted by molar-refractivity contribution is -0.385. The van der Waals surface area contributed by atoms with E-state index in [1.54, 1.807) is 16.7 Å². The molecular weight excluding hydrogens is 403 g/mol. The van der Waals surface area contributed by atoms with Crippen LogP contribution in [0.4, 0.5) is 5.69 Å². The third kappa shape index (κ3) is 3.18. The molecule has 2 aromatic heterocycles. The van der Waals surface area contributed by atoms with Crippen molar-refractivity contribution >= 4 is 46.3 Å². The Kier molecular flexibility index (Phi) is 4.62. The number of rotatable bonds is 4. The van der Waals surface area contributed by atoms with Crippen LogP contribution < -0.4 is 4.74 Å². The van der Waals surface area contributed by atoms with Gasteiger partial charge in [-0.1, -0.05) is 35.0 Å². The van der Waals surface area contributed by atoms with Crippen LogP contribution in [0, 0.1) is 10.1 Å². The number of thioether (sulfide) groups is 1. The molecule has 0 spiro atoms. The fourth-order valence-corrected chi connectivity index (χ4v) is 4.02. The summed E-state index contributed by atoms with van der Waals surface area (Å²) in [6.45, 7) is 0.384. The number of fused-ring (bicyclic) bond motifs is 2. The molecule has 0 fully saturated rings. The van der Waals surface area contributed by atoms with E-state index in [-0.39, 0.29) is 19.1 Å². The summed E-state index contributed by atoms with van der Waals surface area (Å²) < 4.78 is 12.4. The van der Waals surface area contributed by atoms with Gasteiger partial charge < -0.3 is 9.47 Å². The summed E-state index contributed by atoms with van der Waals surface area (Å²) in [7, 11) is 0. The van der Waals surface area contributed by atoms with Gasteiger partial charge in [-0.2, -0.15) is 0 Å². The van der Waals surface area contributed by atoms with E-state index >= 15 is 0 Å². The molecule has 0 radical (unpaired) electrons. The first-order chi connectivity index (χ1) is 12.5. The number of nitrogens with zero attached hydrogens (tertiary/aromatic N) is 4. The fraction of sp³-hybridized carbons (Fsp3) is 0.200. The van der Waals surface area contributed by atoms with Crippen molar-refractivity contribution in [1.29, 1.82) is 0 Å². The Balaban J connectivity index is 1.68. The van der Waals surface area contributed by atoms with Crippen molar-refractivity contribution in [3.05, 3.63) is 55.7 Å². The van der Waals surface area contributed by atoms with E-state index in [9.17, 15) is 10.1 Å². The first-order valence-electron chi connectivity index (χ1n) is 7.36. The monoisotopic (exact) mass is 412 g/mol. The predicted molar refractivity (Wildman–Crippen MR) is 95.9 cm³/mol. The van der Waals surface area contributed by atoms with Gasteiger partial charge in [0.15, 0.2) is 17.6 Å². The van der Waals surface area contributed by atoms with E-state index < -0.39 is 4.92 Å². The fourth-order valence-electron chi connectivity index (χ4n) is 2.64. The van der Waals surface area contributed by atoms with Gasteiger partial charge in [-0.25, -0.2) is 0 Å². The molecule has 0 N–H and O–H groups in total. The molecule has 0 atom stereocenters. The standard InChI is InChI=1S/C15H10Cl2N4O4S/c16-10-3-12(17)14-18-19-15(20(14)4-10)26-6-9-2-11(21(22)23)1-8-5-24-7-25-13(8)9/h1-4H,5-7H2. The first-order valence-corrected chi connectivity index (χ1v) is 9.10. The number of hydrogen-bond donors (Lipinski definition) is 0. The summed E-state index contributed by atoms with van der Waals surface area (Å²) in [6, 6.07) is 4.56. The highest BCUT2D eigenvalue weighted by atomic mass is 35.5. The van der Waals surface area contributed by atoms with Crippen LogP contribution in [0.1, 0.15) is 11.1 Å². The molecule has 3 aromatic rings. The Labute approximate surface area is 161 Å². The van der Waals surface area contributed by atoms with Gasteiger partial charge in [0.05, 0.1) is 21.6 Å². The molecule has 4 rings (SSSR count). The molecule has 0 amide bonds. The lowest BCUT2D eigenvalue weighted by atomic mass is 10.1. The van der Waals surface area contributed by atoms with Crippen LogP contribution in [0.25, 0.3) is 5.65 Å². The van der Waals surface area contributed by atoms with Gasteiger partial charge in [-0.15, -0.1) is 10.2 Å². The minimum Gasteiger partial charge on any atom is -0.467 e. The highest BCUT2D eigenvalue weighted by Crippen LogP contribution is 2.36. The van der Waals surface area contributed by atoms with Gasteiger partial charge in [0.1, 0.15) is 5.75 Å². The number of aromatic nitrogens is 3. The molecule has 0 aliphatic carbocycles. The highest BCUT2D eigenvalue weighted by molar-refractivity contribution is 7.98. The van der Waals surface area contributed by atoms with Crippen LogP contribution in [-0.2, 0) is 17.1 Å². The minimum absolute atomic E-state index is 0.00867. The lowest BCUT2D eigenvalue weighted by Crippen LogP contribution is -2.13. The van der Waals surface area contributed by atoms with Gasteiger partial charge in [-0.3, -0.25) is 14.5 Å². The van der Waals surface area contributed by atoms with E-state index in [0.717, 1.165) is 0 Å². The van der Waals surface area contributed by atoms with Gasteiger partial charge in [0.25, 0.3) is 5.69 Å². The Morgan fingerprint density at radius 1 is 1.31 bits per heavy atom. The minimum atomic E-state index is -0.435. The largest absolute Gasteiger partial charge is 0.467 e. The highest BCUT2D eigenvalue weighted by Gasteiger charge is 2.21. The summed E-state index contributed by atoms with van der Waals surface area (Å²) >= 11 is 13.5. The normalized spacial score (nSPS) is 13.5. The smallest absolute Gasteiger partial charge is 0.270 e. The van der Waals surface area contributed by atoms with Crippen molar-refractivity contribution in [2.45, 2.75) is 17.5 Å². The van der Waals surface area contributed by atoms with Crippen molar-refractivity contribution in [2.24, 2.45) is 0 Å². The topological polar surface area (TPSA) is 91.8 Å². The number of ether oxygens (including phenoxy) is 2. The number of non-ortho nitro benzene ring substituents is 1. The molecule has 0 unspecified atom stereocenters. The van der Waals surface area contributed by atoms with Crippen LogP contribution in [0.2, 0.25) is 10.0 Å². The molecule has 1 aromatic carbocycles. The third-order valence-corrected chi connectivity index (χ3v) is 5.21. The number of nitro benzene ring substituents is 1. The van der Waals surface area contributed by atoms with Gasteiger partial charge in [0.2, 0.25) is 0 Å². The van der Waals surface area contributed by atoms with Crippen LogP contribution >= 0.6 is 35.0 Å². The van der Waals surface area contributed by atoms with Gasteiger partial charge in [0, 0.05) is 35.2 Å². The van der Waals surface area contributed by atoms with E-state index in [1.807, 2.05) is 0 Å². The maximum absolute atomic E-state index is 11.2. The number of nitro groups is 1. The molecule has 0 saturated carbocycles. The molecular formula is C15H10Cl2N4O4S. The maximum atomic E-state index is 11.2. The summed E-state index contributed by atoms with van der Waals surface area (Å²) in [6.07, 6.45) is 1.67. The number of hydrogen-bond acceptors (Lipinski definition) is 7. The molecule has 0 saturated heterocycles. The molecule has 1 aliphatic rings. The van der Waals surface area contributed by atoms with Crippen molar-refractivity contribution in [1.82, 2.24) is 14.6 Å². The number of halogens is 2. The lowest BCUT2D eigenvalue weighted by Gasteiger charge is -2.20. The van der Waals surface area contributed by atoms with Crippen LogP contribution in [-0.4, -0.2) is 26.3 Å². The molecule has 134 valence electrons. The van der Waals surface area contributed by atoms with E-state index in [4.69, 9.17) is 32.7 Å². The average Bonchev–Trinajstić information content (AvgIpc) is 3.02. The molecule has 3 heterocycles. The molecule has 1 aliphatic heterocycles. The van der Waals surface area contributed by atoms with Crippen molar-refractivity contribution < 1.29 is 14.4 Å². The average molecular weight is 413 g/mol. The van der Waals surface area contributed by atoms with E-state index in [1.165, 1.54) is 23.9 Å². The second-order valence-electron chi connectivity index (χ2n) is 5.43. The molecule has 26 heavy (non-hydrogen) atoms. The quantitative estimate of drug-likeness (QED) is 0.361. The van der Waals surface area contributed by atoms with E-state index in [2.05, 4.69) is 10.2 Å². The van der Waals surface area contributed by atoms with Crippen molar-refractivity contribution in [3.63, 3.8) is 0 Å². The second kappa shape index (κ2) is 6.92. The maximum Gasteiger partial charge on any atom is 0.270 e. The molecule has 0 bridgehead atoms. The predicted octanol–water partition coefficient (Wildman–Crippen LogP) is 4.10. The summed E-state index contributed by atoms with van der Waals surface area (Å²) in [5.74, 6) is 1.01. The summed E-state index contributed by atoms with van der Waals surface area (Å²) in [5, 5.41) is 20.8. The summed E-state index contributed by atoms with van der Waals surface area (Å²) in [5.41, 5.74) is 1.82. The zero-order chi connectivity index (χ0) is 18.3. The Morgan fingerprint density at radius 2 is 2.15 bits per heavy atom. The molecule has 8 nitrogen and oxygen atoms in total. The Bertz CT molecular complexity index is 1030. The zero-order valence-corrected chi connectivity index (χ0v) is 15.3. The van der Waals surface area contributed by atoms with E-state index in [0.29, 0.717) is 43.5 Å². The van der Waals surface area contributed by atoms with Crippen LogP contribution in [0.5, 0.6) is 5.75 Å². The van der Waals surface area contributed by atoms with Gasteiger partial charge in [-0.05, 0) is 6.07 Å². The SMILES string of the molecule is O=[N+]([O-])c1cc2c(c(CSc3nnc4c(Cl)cc(Cl)cn34)c1)OCOC2. The third-order valence-electron chi connectivity index (χ3n) is 3.73. The molecule has 11 heteroatoms. The van der Waals surface area contributed by atoms with Crippen LogP contribution in [0.15, 0.2) is 29.6 Å². The van der Waals surface area contributed by atoms with Crippen LogP contribution in [0.3, 0.4) is 0 Å². The number of benzene rings is 1. The van der Waals surface area contributed by atoms with Crippen molar-refractivity contribution in [3.8, 4) is 5.75 Å².